The Hall–Kier alpha value is -2.72. The number of ether oxygens (including phenoxy) is 1. The van der Waals surface area contributed by atoms with E-state index in [4.69, 9.17) is 4.74 Å². The third-order valence-electron chi connectivity index (χ3n) is 5.78. The topological polar surface area (TPSA) is 31.2 Å². The minimum atomic E-state index is -0.234. The summed E-state index contributed by atoms with van der Waals surface area (Å²) >= 11 is 0. The van der Waals surface area contributed by atoms with Crippen LogP contribution in [0.4, 0.5) is 4.39 Å². The summed E-state index contributed by atoms with van der Waals surface area (Å²) in [6.45, 7) is 5.20. The number of aromatic nitrogens is 1. The smallest absolute Gasteiger partial charge is 0.123 e. The Morgan fingerprint density at radius 3 is 2.32 bits per heavy atom. The Morgan fingerprint density at radius 2 is 1.71 bits per heavy atom. The van der Waals surface area contributed by atoms with E-state index in [0.717, 1.165) is 54.5 Å². The number of nitrogens with zero attached hydrogens (tertiary/aromatic N) is 1. The standard InChI is InChI=1S/C27H32FNO2/c1-20(2)26-19-25(21-9-5-4-6-10-21)27(22-12-14-23(28)15-13-22)29(26)17-16-24(31-3)11-7-8-18-30/h4-6,9-10,12-15,18-20,24H,7-8,11,16-17H2,1-3H3/t24-/m0/s1. The first-order valence-electron chi connectivity index (χ1n) is 11.1. The first kappa shape index (κ1) is 23.0. The summed E-state index contributed by atoms with van der Waals surface area (Å²) in [5.74, 6) is 0.106. The lowest BCUT2D eigenvalue weighted by atomic mass is 10.0. The van der Waals surface area contributed by atoms with Crippen molar-refractivity contribution < 1.29 is 13.9 Å². The van der Waals surface area contributed by atoms with Gasteiger partial charge in [0.2, 0.25) is 0 Å². The van der Waals surface area contributed by atoms with Crippen LogP contribution in [0.1, 0.15) is 51.1 Å². The van der Waals surface area contributed by atoms with Gasteiger partial charge in [-0.05, 0) is 66.6 Å². The maximum atomic E-state index is 13.7. The zero-order chi connectivity index (χ0) is 22.2. The van der Waals surface area contributed by atoms with Crippen molar-refractivity contribution in [3.05, 3.63) is 72.2 Å². The van der Waals surface area contributed by atoms with Crippen LogP contribution in [0, 0.1) is 5.82 Å². The van der Waals surface area contributed by atoms with Gasteiger partial charge in [0.1, 0.15) is 12.1 Å². The molecule has 0 aliphatic rings. The van der Waals surface area contributed by atoms with E-state index in [1.165, 1.54) is 17.8 Å². The van der Waals surface area contributed by atoms with Crippen molar-refractivity contribution in [2.24, 2.45) is 0 Å². The molecule has 0 unspecified atom stereocenters. The van der Waals surface area contributed by atoms with Crippen LogP contribution in [0.2, 0.25) is 0 Å². The molecule has 0 amide bonds. The van der Waals surface area contributed by atoms with Crippen molar-refractivity contribution in [2.75, 3.05) is 7.11 Å². The van der Waals surface area contributed by atoms with Crippen LogP contribution in [-0.4, -0.2) is 24.1 Å². The molecule has 3 rings (SSSR count). The molecule has 0 saturated carbocycles. The number of methoxy groups -OCH3 is 1. The normalized spacial score (nSPS) is 12.3. The molecule has 3 nitrogen and oxygen atoms in total. The van der Waals surface area contributed by atoms with Gasteiger partial charge in [0.15, 0.2) is 0 Å². The van der Waals surface area contributed by atoms with Crippen molar-refractivity contribution in [3.8, 4) is 22.4 Å². The van der Waals surface area contributed by atoms with E-state index in [1.807, 2.05) is 30.3 Å². The number of benzene rings is 2. The fourth-order valence-corrected chi connectivity index (χ4v) is 4.13. The molecular formula is C27H32FNO2. The maximum Gasteiger partial charge on any atom is 0.123 e. The molecule has 3 aromatic rings. The molecule has 31 heavy (non-hydrogen) atoms. The number of hydrogen-bond acceptors (Lipinski definition) is 2. The van der Waals surface area contributed by atoms with E-state index in [9.17, 15) is 9.18 Å². The van der Waals surface area contributed by atoms with Crippen LogP contribution in [0.25, 0.3) is 22.4 Å². The Labute approximate surface area is 184 Å². The largest absolute Gasteiger partial charge is 0.381 e. The zero-order valence-electron chi connectivity index (χ0n) is 18.7. The number of carbonyl (C=O) groups excluding carboxylic acids is 1. The Morgan fingerprint density at radius 1 is 1.00 bits per heavy atom. The summed E-state index contributed by atoms with van der Waals surface area (Å²) < 4.78 is 21.7. The van der Waals surface area contributed by atoms with E-state index in [2.05, 4.69) is 36.6 Å². The van der Waals surface area contributed by atoms with Gasteiger partial charge in [0.05, 0.1) is 11.8 Å². The second-order valence-corrected chi connectivity index (χ2v) is 8.25. The fourth-order valence-electron chi connectivity index (χ4n) is 4.13. The molecule has 4 heteroatoms. The Bertz CT molecular complexity index is 961. The Kier molecular flexibility index (Phi) is 8.19. The first-order chi connectivity index (χ1) is 15.0. The number of halogens is 1. The van der Waals surface area contributed by atoms with Crippen LogP contribution in [0.5, 0.6) is 0 Å². The van der Waals surface area contributed by atoms with E-state index >= 15 is 0 Å². The van der Waals surface area contributed by atoms with Gasteiger partial charge in [0.25, 0.3) is 0 Å². The number of hydrogen-bond donors (Lipinski definition) is 0. The quantitative estimate of drug-likeness (QED) is 0.250. The van der Waals surface area contributed by atoms with Gasteiger partial charge in [-0.2, -0.15) is 0 Å². The van der Waals surface area contributed by atoms with E-state index in [0.29, 0.717) is 12.3 Å². The first-order valence-corrected chi connectivity index (χ1v) is 11.1. The maximum absolute atomic E-state index is 13.7. The molecule has 0 radical (unpaired) electrons. The van der Waals surface area contributed by atoms with Crippen molar-refractivity contribution in [1.82, 2.24) is 4.57 Å². The van der Waals surface area contributed by atoms with Gasteiger partial charge >= 0.3 is 0 Å². The van der Waals surface area contributed by atoms with Gasteiger partial charge in [-0.15, -0.1) is 0 Å². The highest BCUT2D eigenvalue weighted by molar-refractivity contribution is 5.82. The minimum absolute atomic E-state index is 0.101. The van der Waals surface area contributed by atoms with Crippen molar-refractivity contribution in [1.29, 1.82) is 0 Å². The highest BCUT2D eigenvalue weighted by atomic mass is 19.1. The zero-order valence-corrected chi connectivity index (χ0v) is 18.7. The highest BCUT2D eigenvalue weighted by Crippen LogP contribution is 2.38. The summed E-state index contributed by atoms with van der Waals surface area (Å²) in [4.78, 5) is 10.7. The number of rotatable bonds is 11. The molecule has 1 atom stereocenters. The summed E-state index contributed by atoms with van der Waals surface area (Å²) in [6.07, 6.45) is 4.19. The van der Waals surface area contributed by atoms with Gasteiger partial charge in [-0.1, -0.05) is 44.2 Å². The summed E-state index contributed by atoms with van der Waals surface area (Å²) in [5, 5.41) is 0. The van der Waals surface area contributed by atoms with Crippen molar-refractivity contribution in [2.45, 2.75) is 58.1 Å². The molecule has 1 heterocycles. The van der Waals surface area contributed by atoms with E-state index in [1.54, 1.807) is 7.11 Å². The van der Waals surface area contributed by atoms with Gasteiger partial charge < -0.3 is 14.1 Å². The van der Waals surface area contributed by atoms with Crippen LogP contribution in [-0.2, 0) is 16.1 Å². The second kappa shape index (κ2) is 11.1. The molecule has 0 aliphatic heterocycles. The van der Waals surface area contributed by atoms with Gasteiger partial charge in [0, 0.05) is 31.3 Å². The molecule has 0 bridgehead atoms. The van der Waals surface area contributed by atoms with Crippen molar-refractivity contribution in [3.63, 3.8) is 0 Å². The second-order valence-electron chi connectivity index (χ2n) is 8.25. The molecule has 0 N–H and O–H groups in total. The number of carbonyl (C=O) groups is 1. The monoisotopic (exact) mass is 421 g/mol. The predicted molar refractivity (Wildman–Crippen MR) is 125 cm³/mol. The van der Waals surface area contributed by atoms with Crippen LogP contribution < -0.4 is 0 Å². The average molecular weight is 422 g/mol. The lowest BCUT2D eigenvalue weighted by Crippen LogP contribution is -2.16. The van der Waals surface area contributed by atoms with Gasteiger partial charge in [-0.25, -0.2) is 4.39 Å². The van der Waals surface area contributed by atoms with Crippen LogP contribution in [0.15, 0.2) is 60.7 Å². The predicted octanol–water partition coefficient (Wildman–Crippen LogP) is 6.86. The lowest BCUT2D eigenvalue weighted by Gasteiger charge is -2.20. The van der Waals surface area contributed by atoms with Crippen molar-refractivity contribution >= 4 is 6.29 Å². The molecule has 2 aromatic carbocycles. The molecule has 0 spiro atoms. The summed E-state index contributed by atoms with van der Waals surface area (Å²) in [7, 11) is 1.74. The minimum Gasteiger partial charge on any atom is -0.381 e. The molecule has 0 fully saturated rings. The molecule has 0 saturated heterocycles. The van der Waals surface area contributed by atoms with Crippen LogP contribution in [0.3, 0.4) is 0 Å². The number of aldehydes is 1. The average Bonchev–Trinajstić information content (AvgIpc) is 3.17. The summed E-state index contributed by atoms with van der Waals surface area (Å²) in [6, 6.07) is 19.4. The third kappa shape index (κ3) is 5.71. The molecule has 1 aromatic heterocycles. The third-order valence-corrected chi connectivity index (χ3v) is 5.78. The molecule has 164 valence electrons. The van der Waals surface area contributed by atoms with E-state index in [-0.39, 0.29) is 11.9 Å². The Balaban J connectivity index is 2.04. The lowest BCUT2D eigenvalue weighted by molar-refractivity contribution is -0.108. The molecular weight excluding hydrogens is 389 g/mol. The van der Waals surface area contributed by atoms with E-state index < -0.39 is 0 Å². The molecule has 0 aliphatic carbocycles. The fraction of sp³-hybridized carbons (Fsp3) is 0.370. The number of unbranched alkanes of at least 4 members (excludes halogenated alkanes) is 1. The van der Waals surface area contributed by atoms with Gasteiger partial charge in [-0.3, -0.25) is 0 Å². The summed E-state index contributed by atoms with van der Waals surface area (Å²) in [5.41, 5.74) is 5.67. The van der Waals surface area contributed by atoms with Crippen LogP contribution >= 0.6 is 0 Å². The SMILES string of the molecule is CO[C@@H](CCCC=O)CCn1c(C(C)C)cc(-c2ccccc2)c1-c1ccc(F)cc1. The highest BCUT2D eigenvalue weighted by Gasteiger charge is 2.21.